The Hall–Kier alpha value is -1.01. The van der Waals surface area contributed by atoms with Gasteiger partial charge < -0.3 is 0 Å². The van der Waals surface area contributed by atoms with Crippen molar-refractivity contribution < 1.29 is 8.42 Å². The number of aryl methyl sites for hydroxylation is 2. The van der Waals surface area contributed by atoms with E-state index in [2.05, 4.69) is 0 Å². The first-order chi connectivity index (χ1) is 11.9. The molecule has 0 bridgehead atoms. The van der Waals surface area contributed by atoms with Crippen molar-refractivity contribution >= 4 is 33.4 Å². The molecule has 3 rings (SSSR count). The summed E-state index contributed by atoms with van der Waals surface area (Å²) in [5.74, 6) is 0.764. The summed E-state index contributed by atoms with van der Waals surface area (Å²) in [6.45, 7) is 4.87. The predicted octanol–water partition coefficient (Wildman–Crippen LogP) is 4.83. The summed E-state index contributed by atoms with van der Waals surface area (Å²) < 4.78 is 27.8. The molecular weight excluding hydrogens is 374 g/mol. The summed E-state index contributed by atoms with van der Waals surface area (Å²) in [6, 6.07) is 13.3. The predicted molar refractivity (Wildman–Crippen MR) is 106 cm³/mol. The quantitative estimate of drug-likeness (QED) is 0.747. The molecule has 134 valence electrons. The number of sulfonamides is 1. The normalized spacial score (nSPS) is 19.6. The van der Waals surface area contributed by atoms with Gasteiger partial charge in [0.15, 0.2) is 0 Å². The molecule has 1 heterocycles. The molecule has 1 unspecified atom stereocenters. The maximum Gasteiger partial charge on any atom is 0.243 e. The minimum atomic E-state index is -3.46. The Kier molecular flexibility index (Phi) is 5.78. The Labute approximate surface area is 159 Å². The Morgan fingerprint density at radius 2 is 1.88 bits per heavy atom. The lowest BCUT2D eigenvalue weighted by Gasteiger charge is -2.21. The Bertz CT molecular complexity index is 867. The SMILES string of the molecule is Cc1ccc(S(=O)(=O)N2CCSC(c3ccccc3Cl)CC2)c(C)c1. The largest absolute Gasteiger partial charge is 0.243 e. The second-order valence-corrected chi connectivity index (χ2v) is 9.97. The zero-order valence-corrected chi connectivity index (χ0v) is 16.8. The maximum atomic E-state index is 13.1. The maximum absolute atomic E-state index is 13.1. The lowest BCUT2D eigenvalue weighted by Crippen LogP contribution is -2.33. The molecule has 1 saturated heterocycles. The van der Waals surface area contributed by atoms with Gasteiger partial charge in [0.25, 0.3) is 0 Å². The van der Waals surface area contributed by atoms with Gasteiger partial charge in [-0.2, -0.15) is 16.1 Å². The number of nitrogens with zero attached hydrogens (tertiary/aromatic N) is 1. The fourth-order valence-corrected chi connectivity index (χ4v) is 6.58. The first-order valence-electron chi connectivity index (χ1n) is 8.33. The van der Waals surface area contributed by atoms with E-state index >= 15 is 0 Å². The van der Waals surface area contributed by atoms with Crippen LogP contribution in [0.2, 0.25) is 5.02 Å². The molecule has 0 saturated carbocycles. The molecule has 0 radical (unpaired) electrons. The fraction of sp³-hybridized carbons (Fsp3) is 0.368. The minimum absolute atomic E-state index is 0.230. The van der Waals surface area contributed by atoms with Crippen LogP contribution < -0.4 is 0 Å². The number of thioether (sulfide) groups is 1. The van der Waals surface area contributed by atoms with Crippen LogP contribution in [0.3, 0.4) is 0 Å². The highest BCUT2D eigenvalue weighted by molar-refractivity contribution is 7.99. The minimum Gasteiger partial charge on any atom is -0.207 e. The van der Waals surface area contributed by atoms with Gasteiger partial charge >= 0.3 is 0 Å². The summed E-state index contributed by atoms with van der Waals surface area (Å²) in [5, 5.41) is 0.985. The first-order valence-corrected chi connectivity index (χ1v) is 11.2. The molecule has 3 nitrogen and oxygen atoms in total. The molecule has 2 aromatic rings. The van der Waals surface area contributed by atoms with E-state index in [0.29, 0.717) is 18.0 Å². The van der Waals surface area contributed by atoms with Crippen LogP contribution in [-0.2, 0) is 10.0 Å². The third-order valence-corrected chi connectivity index (χ3v) is 8.21. The van der Waals surface area contributed by atoms with Gasteiger partial charge in [0.1, 0.15) is 0 Å². The van der Waals surface area contributed by atoms with Crippen molar-refractivity contribution in [1.82, 2.24) is 4.31 Å². The van der Waals surface area contributed by atoms with Crippen LogP contribution in [0, 0.1) is 13.8 Å². The molecule has 0 aromatic heterocycles. The summed E-state index contributed by atoms with van der Waals surface area (Å²) in [4.78, 5) is 0.416. The lowest BCUT2D eigenvalue weighted by atomic mass is 10.1. The number of hydrogen-bond acceptors (Lipinski definition) is 3. The monoisotopic (exact) mass is 395 g/mol. The van der Waals surface area contributed by atoms with E-state index in [-0.39, 0.29) is 5.25 Å². The van der Waals surface area contributed by atoms with Gasteiger partial charge in [-0.15, -0.1) is 0 Å². The second kappa shape index (κ2) is 7.70. The standard InChI is InChI=1S/C19H22ClNO2S2/c1-14-7-8-19(15(2)13-14)25(22,23)21-10-9-18(24-12-11-21)16-5-3-4-6-17(16)20/h3-8,13,18H,9-12H2,1-2H3. The number of halogens is 1. The lowest BCUT2D eigenvalue weighted by molar-refractivity contribution is 0.427. The molecule has 1 fully saturated rings. The van der Waals surface area contributed by atoms with Crippen LogP contribution >= 0.6 is 23.4 Å². The summed E-state index contributed by atoms with van der Waals surface area (Å²) in [6.07, 6.45) is 0.762. The van der Waals surface area contributed by atoms with Gasteiger partial charge in [0, 0.05) is 29.1 Å². The summed E-state index contributed by atoms with van der Waals surface area (Å²) in [7, 11) is -3.46. The van der Waals surface area contributed by atoms with Gasteiger partial charge in [-0.1, -0.05) is 47.5 Å². The zero-order chi connectivity index (χ0) is 18.0. The molecule has 25 heavy (non-hydrogen) atoms. The number of rotatable bonds is 3. The van der Waals surface area contributed by atoms with Crippen molar-refractivity contribution in [3.8, 4) is 0 Å². The molecule has 0 amide bonds. The summed E-state index contributed by atoms with van der Waals surface area (Å²) in [5.41, 5.74) is 2.97. The smallest absolute Gasteiger partial charge is 0.207 e. The van der Waals surface area contributed by atoms with E-state index in [1.807, 2.05) is 50.2 Å². The van der Waals surface area contributed by atoms with Crippen molar-refractivity contribution in [3.63, 3.8) is 0 Å². The van der Waals surface area contributed by atoms with Crippen molar-refractivity contribution in [2.24, 2.45) is 0 Å². The van der Waals surface area contributed by atoms with E-state index in [9.17, 15) is 8.42 Å². The van der Waals surface area contributed by atoms with Crippen molar-refractivity contribution in [2.75, 3.05) is 18.8 Å². The molecule has 0 spiro atoms. The van der Waals surface area contributed by atoms with Crippen LogP contribution in [0.4, 0.5) is 0 Å². The average molecular weight is 396 g/mol. The highest BCUT2D eigenvalue weighted by Gasteiger charge is 2.29. The molecule has 1 aliphatic heterocycles. The van der Waals surface area contributed by atoms with Gasteiger partial charge in [-0.05, 0) is 43.5 Å². The Morgan fingerprint density at radius 1 is 1.12 bits per heavy atom. The molecule has 0 N–H and O–H groups in total. The highest BCUT2D eigenvalue weighted by atomic mass is 35.5. The van der Waals surface area contributed by atoms with Crippen molar-refractivity contribution in [2.45, 2.75) is 30.4 Å². The molecule has 6 heteroatoms. The van der Waals surface area contributed by atoms with E-state index < -0.39 is 10.0 Å². The fourth-order valence-electron chi connectivity index (χ4n) is 3.20. The Balaban J connectivity index is 1.82. The average Bonchev–Trinajstić information content (AvgIpc) is 2.81. The van der Waals surface area contributed by atoms with Crippen molar-refractivity contribution in [3.05, 3.63) is 64.2 Å². The second-order valence-electron chi connectivity index (χ2n) is 6.34. The molecule has 1 atom stereocenters. The van der Waals surface area contributed by atoms with Crippen LogP contribution in [0.1, 0.15) is 28.4 Å². The molecule has 0 aliphatic carbocycles. The molecular formula is C19H22ClNO2S2. The first kappa shape index (κ1) is 18.8. The van der Waals surface area contributed by atoms with E-state index in [1.165, 1.54) is 0 Å². The zero-order valence-electron chi connectivity index (χ0n) is 14.4. The highest BCUT2D eigenvalue weighted by Crippen LogP contribution is 2.38. The third-order valence-electron chi connectivity index (χ3n) is 4.50. The van der Waals surface area contributed by atoms with Crippen LogP contribution in [0.15, 0.2) is 47.4 Å². The van der Waals surface area contributed by atoms with Gasteiger partial charge in [0.2, 0.25) is 10.0 Å². The topological polar surface area (TPSA) is 37.4 Å². The Morgan fingerprint density at radius 3 is 2.60 bits per heavy atom. The van der Waals surface area contributed by atoms with Crippen LogP contribution in [0.5, 0.6) is 0 Å². The van der Waals surface area contributed by atoms with E-state index in [0.717, 1.165) is 33.9 Å². The summed E-state index contributed by atoms with van der Waals surface area (Å²) >= 11 is 8.11. The van der Waals surface area contributed by atoms with E-state index in [1.54, 1.807) is 22.1 Å². The van der Waals surface area contributed by atoms with Crippen LogP contribution in [-0.4, -0.2) is 31.6 Å². The number of hydrogen-bond donors (Lipinski definition) is 0. The van der Waals surface area contributed by atoms with Crippen molar-refractivity contribution in [1.29, 1.82) is 0 Å². The molecule has 2 aromatic carbocycles. The van der Waals surface area contributed by atoms with E-state index in [4.69, 9.17) is 11.6 Å². The number of benzene rings is 2. The van der Waals surface area contributed by atoms with Gasteiger partial charge in [0.05, 0.1) is 4.90 Å². The molecule has 1 aliphatic rings. The van der Waals surface area contributed by atoms with Gasteiger partial charge in [-0.25, -0.2) is 8.42 Å². The third kappa shape index (κ3) is 4.05. The van der Waals surface area contributed by atoms with Gasteiger partial charge in [-0.3, -0.25) is 0 Å². The van der Waals surface area contributed by atoms with Crippen LogP contribution in [0.25, 0.3) is 0 Å².